The number of benzene rings is 2. The molecule has 2 aromatic carbocycles. The van der Waals surface area contributed by atoms with Crippen LogP contribution in [0.1, 0.15) is 12.8 Å². The lowest BCUT2D eigenvalue weighted by Gasteiger charge is -2.31. The molecule has 1 heterocycles. The summed E-state index contributed by atoms with van der Waals surface area (Å²) in [6, 6.07) is 11.6. The summed E-state index contributed by atoms with van der Waals surface area (Å²) in [5.74, 6) is -1.25. The highest BCUT2D eigenvalue weighted by atomic mass is 35.5. The molecule has 0 bridgehead atoms. The molecule has 8 heteroatoms. The van der Waals surface area contributed by atoms with Gasteiger partial charge in [-0.05, 0) is 55.3 Å². The zero-order valence-electron chi connectivity index (χ0n) is 13.9. The standard InChI is InChI=1S/C18H18ClFN2O3S/c19-14-6-8-17(9-7-14)26(24,25)22-10-2-3-13(12-22)18(23)21-16-5-1-4-15(20)11-16/h1,4-9,11,13H,2-3,10,12H2,(H,21,23). The van der Waals surface area contributed by atoms with Crippen LogP contribution in [0.5, 0.6) is 0 Å². The normalized spacial score (nSPS) is 18.5. The van der Waals surface area contributed by atoms with Crippen molar-refractivity contribution in [2.24, 2.45) is 5.92 Å². The molecule has 0 saturated carbocycles. The molecule has 138 valence electrons. The van der Waals surface area contributed by atoms with Crippen LogP contribution in [0.3, 0.4) is 0 Å². The maximum atomic E-state index is 13.2. The summed E-state index contributed by atoms with van der Waals surface area (Å²) >= 11 is 5.81. The number of carbonyl (C=O) groups excluding carboxylic acids is 1. The summed E-state index contributed by atoms with van der Waals surface area (Å²) in [5, 5.41) is 3.11. The average Bonchev–Trinajstić information content (AvgIpc) is 2.62. The lowest BCUT2D eigenvalue weighted by molar-refractivity contribution is -0.120. The Morgan fingerprint density at radius 3 is 2.62 bits per heavy atom. The van der Waals surface area contributed by atoms with Gasteiger partial charge in [0, 0.05) is 23.8 Å². The largest absolute Gasteiger partial charge is 0.326 e. The van der Waals surface area contributed by atoms with Gasteiger partial charge in [0.25, 0.3) is 0 Å². The molecule has 0 spiro atoms. The molecule has 26 heavy (non-hydrogen) atoms. The smallest absolute Gasteiger partial charge is 0.243 e. The fourth-order valence-electron chi connectivity index (χ4n) is 2.94. The van der Waals surface area contributed by atoms with Gasteiger partial charge in [0.05, 0.1) is 10.8 Å². The fourth-order valence-corrected chi connectivity index (χ4v) is 4.59. The van der Waals surface area contributed by atoms with E-state index >= 15 is 0 Å². The predicted molar refractivity (Wildman–Crippen MR) is 98.0 cm³/mol. The van der Waals surface area contributed by atoms with Crippen molar-refractivity contribution in [2.45, 2.75) is 17.7 Å². The van der Waals surface area contributed by atoms with Crippen LogP contribution in [0.4, 0.5) is 10.1 Å². The molecular formula is C18H18ClFN2O3S. The van der Waals surface area contributed by atoms with Gasteiger partial charge in [-0.2, -0.15) is 4.31 Å². The van der Waals surface area contributed by atoms with E-state index < -0.39 is 21.8 Å². The number of sulfonamides is 1. The molecule has 1 saturated heterocycles. The minimum Gasteiger partial charge on any atom is -0.326 e. The van der Waals surface area contributed by atoms with Gasteiger partial charge in [-0.25, -0.2) is 12.8 Å². The number of amides is 1. The zero-order chi connectivity index (χ0) is 18.7. The molecular weight excluding hydrogens is 379 g/mol. The summed E-state index contributed by atoms with van der Waals surface area (Å²) in [5.41, 5.74) is 0.354. The first-order valence-electron chi connectivity index (χ1n) is 8.18. The number of halogens is 2. The lowest BCUT2D eigenvalue weighted by Crippen LogP contribution is -2.43. The molecule has 2 aromatic rings. The molecule has 1 aliphatic heterocycles. The van der Waals surface area contributed by atoms with Crippen molar-refractivity contribution in [3.8, 4) is 0 Å². The summed E-state index contributed by atoms with van der Waals surface area (Å²) in [6.07, 6.45) is 1.15. The third-order valence-electron chi connectivity index (χ3n) is 4.30. The summed E-state index contributed by atoms with van der Waals surface area (Å²) in [7, 11) is -3.69. The molecule has 1 amide bonds. The number of anilines is 1. The molecule has 0 aromatic heterocycles. The molecule has 0 radical (unpaired) electrons. The average molecular weight is 397 g/mol. The monoisotopic (exact) mass is 396 g/mol. The fraction of sp³-hybridized carbons (Fsp3) is 0.278. The van der Waals surface area contributed by atoms with Gasteiger partial charge in [0.1, 0.15) is 5.82 Å². The highest BCUT2D eigenvalue weighted by Gasteiger charge is 2.33. The SMILES string of the molecule is O=C(Nc1cccc(F)c1)C1CCCN(S(=O)(=O)c2ccc(Cl)cc2)C1. The Balaban J connectivity index is 1.72. The van der Waals surface area contributed by atoms with Gasteiger partial charge >= 0.3 is 0 Å². The number of carbonyl (C=O) groups is 1. The Bertz CT molecular complexity index is 903. The van der Waals surface area contributed by atoms with Gasteiger partial charge in [-0.3, -0.25) is 4.79 Å². The number of nitrogens with zero attached hydrogens (tertiary/aromatic N) is 1. The Morgan fingerprint density at radius 2 is 1.92 bits per heavy atom. The van der Waals surface area contributed by atoms with E-state index in [0.717, 1.165) is 0 Å². The van der Waals surface area contributed by atoms with Crippen LogP contribution in [-0.4, -0.2) is 31.7 Å². The molecule has 5 nitrogen and oxygen atoms in total. The Morgan fingerprint density at radius 1 is 1.19 bits per heavy atom. The Kier molecular flexibility index (Phi) is 5.60. The Labute approximate surface area is 156 Å². The van der Waals surface area contributed by atoms with Crippen molar-refractivity contribution in [3.05, 3.63) is 59.4 Å². The van der Waals surface area contributed by atoms with Crippen molar-refractivity contribution in [3.63, 3.8) is 0 Å². The molecule has 0 aliphatic carbocycles. The van der Waals surface area contributed by atoms with Crippen molar-refractivity contribution >= 4 is 33.2 Å². The van der Waals surface area contributed by atoms with Gasteiger partial charge in [-0.1, -0.05) is 17.7 Å². The van der Waals surface area contributed by atoms with Gasteiger partial charge in [0.2, 0.25) is 15.9 Å². The van der Waals surface area contributed by atoms with E-state index in [1.54, 1.807) is 6.07 Å². The first-order chi connectivity index (χ1) is 12.4. The number of piperidine rings is 1. The van der Waals surface area contributed by atoms with Gasteiger partial charge in [0.15, 0.2) is 0 Å². The van der Waals surface area contributed by atoms with E-state index in [1.807, 2.05) is 0 Å². The van der Waals surface area contributed by atoms with E-state index in [9.17, 15) is 17.6 Å². The number of hydrogen-bond donors (Lipinski definition) is 1. The number of rotatable bonds is 4. The van der Waals surface area contributed by atoms with Crippen LogP contribution >= 0.6 is 11.6 Å². The van der Waals surface area contributed by atoms with Crippen LogP contribution in [0.25, 0.3) is 0 Å². The van der Waals surface area contributed by atoms with E-state index in [0.29, 0.717) is 30.1 Å². The van der Waals surface area contributed by atoms with Crippen LogP contribution in [0.2, 0.25) is 5.02 Å². The third kappa shape index (κ3) is 4.23. The van der Waals surface area contributed by atoms with Crippen LogP contribution in [-0.2, 0) is 14.8 Å². The molecule has 1 fully saturated rings. The second-order valence-electron chi connectivity index (χ2n) is 6.16. The van der Waals surface area contributed by atoms with Crippen LogP contribution < -0.4 is 5.32 Å². The molecule has 1 atom stereocenters. The molecule has 1 unspecified atom stereocenters. The van der Waals surface area contributed by atoms with E-state index in [4.69, 9.17) is 11.6 Å². The van der Waals surface area contributed by atoms with Crippen molar-refractivity contribution < 1.29 is 17.6 Å². The molecule has 1 aliphatic rings. The minimum atomic E-state index is -3.69. The van der Waals surface area contributed by atoms with Crippen LogP contribution in [0.15, 0.2) is 53.4 Å². The predicted octanol–water partition coefficient (Wildman–Crippen LogP) is 3.52. The topological polar surface area (TPSA) is 66.5 Å². The Hall–Kier alpha value is -1.96. The van der Waals surface area contributed by atoms with Gasteiger partial charge < -0.3 is 5.32 Å². The van der Waals surface area contributed by atoms with E-state index in [2.05, 4.69) is 5.32 Å². The van der Waals surface area contributed by atoms with Crippen molar-refractivity contribution in [2.75, 3.05) is 18.4 Å². The third-order valence-corrected chi connectivity index (χ3v) is 6.43. The maximum absolute atomic E-state index is 13.2. The number of nitrogens with one attached hydrogen (secondary N) is 1. The lowest BCUT2D eigenvalue weighted by atomic mass is 9.99. The van der Waals surface area contributed by atoms with Crippen molar-refractivity contribution in [1.82, 2.24) is 4.31 Å². The highest BCUT2D eigenvalue weighted by molar-refractivity contribution is 7.89. The molecule has 3 rings (SSSR count). The van der Waals surface area contributed by atoms with Crippen molar-refractivity contribution in [1.29, 1.82) is 0 Å². The minimum absolute atomic E-state index is 0.0894. The quantitative estimate of drug-likeness (QED) is 0.859. The molecule has 1 N–H and O–H groups in total. The van der Waals surface area contributed by atoms with E-state index in [1.165, 1.54) is 46.8 Å². The zero-order valence-corrected chi connectivity index (χ0v) is 15.4. The van der Waals surface area contributed by atoms with Gasteiger partial charge in [-0.15, -0.1) is 0 Å². The first-order valence-corrected chi connectivity index (χ1v) is 10.0. The summed E-state index contributed by atoms with van der Waals surface area (Å²) < 4.78 is 40.1. The summed E-state index contributed by atoms with van der Waals surface area (Å²) in [6.45, 7) is 0.445. The maximum Gasteiger partial charge on any atom is 0.243 e. The van der Waals surface area contributed by atoms with Crippen LogP contribution in [0, 0.1) is 11.7 Å². The number of hydrogen-bond acceptors (Lipinski definition) is 3. The van der Waals surface area contributed by atoms with E-state index in [-0.39, 0.29) is 17.3 Å². The second kappa shape index (κ2) is 7.73. The summed E-state index contributed by atoms with van der Waals surface area (Å²) in [4.78, 5) is 12.6. The second-order valence-corrected chi connectivity index (χ2v) is 8.53. The highest BCUT2D eigenvalue weighted by Crippen LogP contribution is 2.25. The first kappa shape index (κ1) is 18.8.